The highest BCUT2D eigenvalue weighted by Crippen LogP contribution is 2.27. The SMILES string of the molecule is COc1ccc2cc(-c3ccc(C(=O)N/N=C/c4ccc(OCc5ccccc5)cc4)c(C)n3)ccc2c1. The molecule has 1 aromatic heterocycles. The van der Waals surface area contributed by atoms with Gasteiger partial charge in [0.15, 0.2) is 0 Å². The van der Waals surface area contributed by atoms with Gasteiger partial charge in [0.1, 0.15) is 18.1 Å². The Hall–Kier alpha value is -4.97. The van der Waals surface area contributed by atoms with Crippen molar-refractivity contribution >= 4 is 22.9 Å². The predicted octanol–water partition coefficient (Wildman–Crippen LogP) is 6.56. The number of ether oxygens (including phenoxy) is 2. The number of pyridine rings is 1. The summed E-state index contributed by atoms with van der Waals surface area (Å²) in [6.07, 6.45) is 1.60. The van der Waals surface area contributed by atoms with Crippen molar-refractivity contribution in [3.63, 3.8) is 0 Å². The Morgan fingerprint density at radius 1 is 0.868 bits per heavy atom. The number of rotatable bonds is 8. The van der Waals surface area contributed by atoms with Crippen LogP contribution in [0, 0.1) is 6.92 Å². The molecule has 0 saturated carbocycles. The first-order chi connectivity index (χ1) is 18.6. The number of hydrogen-bond donors (Lipinski definition) is 1. The maximum absolute atomic E-state index is 12.7. The van der Waals surface area contributed by atoms with Crippen LogP contribution in [0.5, 0.6) is 11.5 Å². The first-order valence-electron chi connectivity index (χ1n) is 12.2. The van der Waals surface area contributed by atoms with Crippen LogP contribution in [0.3, 0.4) is 0 Å². The van der Waals surface area contributed by atoms with E-state index < -0.39 is 0 Å². The lowest BCUT2D eigenvalue weighted by Gasteiger charge is -2.09. The summed E-state index contributed by atoms with van der Waals surface area (Å²) in [5.74, 6) is 1.27. The number of nitrogens with zero attached hydrogens (tertiary/aromatic N) is 2. The molecule has 1 N–H and O–H groups in total. The number of amides is 1. The fourth-order valence-corrected chi connectivity index (χ4v) is 4.09. The van der Waals surface area contributed by atoms with Gasteiger partial charge in [-0.25, -0.2) is 5.43 Å². The van der Waals surface area contributed by atoms with Gasteiger partial charge in [0.25, 0.3) is 5.91 Å². The summed E-state index contributed by atoms with van der Waals surface area (Å²) in [4.78, 5) is 17.4. The maximum atomic E-state index is 12.7. The molecule has 4 aromatic carbocycles. The largest absolute Gasteiger partial charge is 0.497 e. The number of carbonyl (C=O) groups excluding carboxylic acids is 1. The molecule has 0 atom stereocenters. The zero-order chi connectivity index (χ0) is 26.3. The Labute approximate surface area is 221 Å². The lowest BCUT2D eigenvalue weighted by molar-refractivity contribution is 0.0954. The van der Waals surface area contributed by atoms with Crippen LogP contribution >= 0.6 is 0 Å². The van der Waals surface area contributed by atoms with Crippen molar-refractivity contribution < 1.29 is 14.3 Å². The molecule has 0 aliphatic heterocycles. The van der Waals surface area contributed by atoms with Gasteiger partial charge in [0, 0.05) is 5.56 Å². The van der Waals surface area contributed by atoms with Crippen LogP contribution in [0.1, 0.15) is 27.2 Å². The van der Waals surface area contributed by atoms with Crippen LogP contribution in [0.25, 0.3) is 22.0 Å². The molecule has 6 heteroatoms. The summed E-state index contributed by atoms with van der Waals surface area (Å²) >= 11 is 0. The summed E-state index contributed by atoms with van der Waals surface area (Å²) in [5.41, 5.74) is 7.43. The van der Waals surface area contributed by atoms with E-state index >= 15 is 0 Å². The summed E-state index contributed by atoms with van der Waals surface area (Å²) in [7, 11) is 1.66. The molecular weight excluding hydrogens is 474 g/mol. The number of carbonyl (C=O) groups is 1. The fourth-order valence-electron chi connectivity index (χ4n) is 4.09. The second kappa shape index (κ2) is 11.4. The molecule has 0 aliphatic rings. The van der Waals surface area contributed by atoms with Gasteiger partial charge >= 0.3 is 0 Å². The average molecular weight is 502 g/mol. The van der Waals surface area contributed by atoms with E-state index in [4.69, 9.17) is 9.47 Å². The third-order valence-electron chi connectivity index (χ3n) is 6.18. The topological polar surface area (TPSA) is 72.8 Å². The van der Waals surface area contributed by atoms with Crippen molar-refractivity contribution in [1.82, 2.24) is 10.4 Å². The standard InChI is InChI=1S/C32H27N3O3/c1-22-30(16-17-31(34-22)27-11-10-26-19-29(37-2)15-12-25(26)18-27)32(36)35-33-20-23-8-13-28(14-9-23)38-21-24-6-4-3-5-7-24/h3-20H,21H2,1-2H3,(H,35,36)/b33-20+. The Bertz CT molecular complexity index is 1600. The van der Waals surface area contributed by atoms with Crippen molar-refractivity contribution in [2.45, 2.75) is 13.5 Å². The highest BCUT2D eigenvalue weighted by atomic mass is 16.5. The number of aryl methyl sites for hydroxylation is 1. The molecule has 1 heterocycles. The fraction of sp³-hybridized carbons (Fsp3) is 0.0938. The van der Waals surface area contributed by atoms with Crippen LogP contribution in [-0.4, -0.2) is 24.2 Å². The summed E-state index contributed by atoms with van der Waals surface area (Å²) < 4.78 is 11.1. The lowest BCUT2D eigenvalue weighted by atomic mass is 10.0. The van der Waals surface area contributed by atoms with Crippen LogP contribution in [0.4, 0.5) is 0 Å². The quantitative estimate of drug-likeness (QED) is 0.193. The number of fused-ring (bicyclic) bond motifs is 1. The molecule has 0 bridgehead atoms. The van der Waals surface area contributed by atoms with Crippen LogP contribution in [-0.2, 0) is 6.61 Å². The van der Waals surface area contributed by atoms with Crippen LogP contribution < -0.4 is 14.9 Å². The number of nitrogens with one attached hydrogen (secondary N) is 1. The van der Waals surface area contributed by atoms with Gasteiger partial charge < -0.3 is 9.47 Å². The first kappa shape index (κ1) is 24.7. The average Bonchev–Trinajstić information content (AvgIpc) is 2.96. The van der Waals surface area contributed by atoms with Crippen molar-refractivity contribution in [1.29, 1.82) is 0 Å². The third-order valence-corrected chi connectivity index (χ3v) is 6.18. The monoisotopic (exact) mass is 501 g/mol. The number of benzene rings is 4. The van der Waals surface area contributed by atoms with Gasteiger partial charge in [-0.15, -0.1) is 0 Å². The minimum Gasteiger partial charge on any atom is -0.497 e. The Kier molecular flexibility index (Phi) is 7.41. The zero-order valence-corrected chi connectivity index (χ0v) is 21.2. The molecule has 0 unspecified atom stereocenters. The second-order valence-corrected chi connectivity index (χ2v) is 8.80. The van der Waals surface area contributed by atoms with Crippen molar-refractivity contribution in [3.8, 4) is 22.8 Å². The Balaban J connectivity index is 1.20. The highest BCUT2D eigenvalue weighted by Gasteiger charge is 2.11. The Morgan fingerprint density at radius 3 is 2.37 bits per heavy atom. The number of hydrazone groups is 1. The maximum Gasteiger partial charge on any atom is 0.273 e. The molecule has 0 spiro atoms. The highest BCUT2D eigenvalue weighted by molar-refractivity contribution is 5.96. The number of aromatic nitrogens is 1. The smallest absolute Gasteiger partial charge is 0.273 e. The van der Waals surface area contributed by atoms with E-state index in [1.54, 1.807) is 19.4 Å². The minimum atomic E-state index is -0.314. The van der Waals surface area contributed by atoms with Crippen molar-refractivity contribution in [2.24, 2.45) is 5.10 Å². The molecule has 6 nitrogen and oxygen atoms in total. The molecule has 0 fully saturated rings. The van der Waals surface area contributed by atoms with Crippen LogP contribution in [0.15, 0.2) is 108 Å². The number of hydrogen-bond acceptors (Lipinski definition) is 5. The van der Waals surface area contributed by atoms with Crippen molar-refractivity contribution in [3.05, 3.63) is 126 Å². The van der Waals surface area contributed by atoms with E-state index in [0.717, 1.165) is 44.7 Å². The molecule has 38 heavy (non-hydrogen) atoms. The van der Waals surface area contributed by atoms with E-state index in [2.05, 4.69) is 21.6 Å². The molecule has 0 aliphatic carbocycles. The summed E-state index contributed by atoms with van der Waals surface area (Å²) in [6.45, 7) is 2.33. The van der Waals surface area contributed by atoms with Gasteiger partial charge in [0.05, 0.1) is 30.3 Å². The third kappa shape index (κ3) is 5.87. The van der Waals surface area contributed by atoms with Gasteiger partial charge in [0.2, 0.25) is 0 Å². The molecular formula is C32H27N3O3. The molecule has 0 radical (unpaired) electrons. The van der Waals surface area contributed by atoms with Gasteiger partial charge in [-0.05, 0) is 83.4 Å². The number of methoxy groups -OCH3 is 1. The van der Waals surface area contributed by atoms with E-state index in [1.807, 2.05) is 97.9 Å². The van der Waals surface area contributed by atoms with Gasteiger partial charge in [-0.1, -0.05) is 48.5 Å². The van der Waals surface area contributed by atoms with Crippen molar-refractivity contribution in [2.75, 3.05) is 7.11 Å². The van der Waals surface area contributed by atoms with Gasteiger partial charge in [-0.2, -0.15) is 5.10 Å². The molecule has 1 amide bonds. The zero-order valence-electron chi connectivity index (χ0n) is 21.2. The van der Waals surface area contributed by atoms with Crippen LogP contribution in [0.2, 0.25) is 0 Å². The lowest BCUT2D eigenvalue weighted by Crippen LogP contribution is -2.19. The van der Waals surface area contributed by atoms with E-state index in [9.17, 15) is 4.79 Å². The predicted molar refractivity (Wildman–Crippen MR) is 151 cm³/mol. The molecule has 5 aromatic rings. The first-order valence-corrected chi connectivity index (χ1v) is 12.2. The molecule has 0 saturated heterocycles. The second-order valence-electron chi connectivity index (χ2n) is 8.80. The minimum absolute atomic E-state index is 0.314. The summed E-state index contributed by atoms with van der Waals surface area (Å²) in [5, 5.41) is 6.29. The Morgan fingerprint density at radius 2 is 1.61 bits per heavy atom. The van der Waals surface area contributed by atoms with E-state index in [1.165, 1.54) is 0 Å². The molecule has 188 valence electrons. The van der Waals surface area contributed by atoms with E-state index in [-0.39, 0.29) is 5.91 Å². The summed E-state index contributed by atoms with van der Waals surface area (Å²) in [6, 6.07) is 33.3. The normalized spacial score (nSPS) is 11.0. The molecule has 5 rings (SSSR count). The van der Waals surface area contributed by atoms with Gasteiger partial charge in [-0.3, -0.25) is 9.78 Å². The van der Waals surface area contributed by atoms with E-state index in [0.29, 0.717) is 17.9 Å².